The maximum absolute atomic E-state index is 4.56. The summed E-state index contributed by atoms with van der Waals surface area (Å²) in [6.45, 7) is 0. The third kappa shape index (κ3) is 2.52. The van der Waals surface area contributed by atoms with Gasteiger partial charge in [-0.15, -0.1) is 11.3 Å². The summed E-state index contributed by atoms with van der Waals surface area (Å²) in [5.41, 5.74) is 8.08. The number of hydrogen-bond donors (Lipinski definition) is 0. The Kier molecular flexibility index (Phi) is 3.68. The first-order chi connectivity index (χ1) is 17.3. The molecule has 35 heavy (non-hydrogen) atoms. The Morgan fingerprint density at radius 1 is 0.686 bits per heavy atom. The molecule has 0 amide bonds. The van der Waals surface area contributed by atoms with Crippen LogP contribution in [0.1, 0.15) is 0 Å². The van der Waals surface area contributed by atoms with Gasteiger partial charge in [-0.05, 0) is 42.0 Å². The number of thiophene rings is 1. The Morgan fingerprint density at radius 3 is 2.26 bits per heavy atom. The van der Waals surface area contributed by atoms with Gasteiger partial charge in [0, 0.05) is 33.8 Å². The number of benzene rings is 3. The third-order valence-corrected chi connectivity index (χ3v) is 8.19. The van der Waals surface area contributed by atoms with Gasteiger partial charge in [-0.3, -0.25) is 4.68 Å². The second-order valence-corrected chi connectivity index (χ2v) is 9.96. The van der Waals surface area contributed by atoms with Crippen LogP contribution in [-0.4, -0.2) is 24.0 Å². The highest BCUT2D eigenvalue weighted by atomic mass is 32.1. The summed E-state index contributed by atoms with van der Waals surface area (Å²) in [5, 5.41) is 12.9. The Balaban J connectivity index is 1.40. The monoisotopic (exact) mass is 469 g/mol. The molecule has 0 saturated carbocycles. The molecule has 0 bridgehead atoms. The second-order valence-electron chi connectivity index (χ2n) is 8.90. The zero-order valence-electron chi connectivity index (χ0n) is 18.9. The van der Waals surface area contributed by atoms with Crippen LogP contribution >= 0.6 is 11.3 Å². The quantitative estimate of drug-likeness (QED) is 0.269. The Labute approximate surface area is 204 Å². The molecule has 0 aliphatic heterocycles. The van der Waals surface area contributed by atoms with E-state index in [1.54, 1.807) is 0 Å². The molecule has 0 atom stereocenters. The van der Waals surface area contributed by atoms with E-state index >= 15 is 0 Å². The lowest BCUT2D eigenvalue weighted by molar-refractivity contribution is 0.799. The van der Waals surface area contributed by atoms with Crippen LogP contribution in [0.5, 0.6) is 0 Å². The van der Waals surface area contributed by atoms with Crippen LogP contribution in [0, 0.1) is 0 Å². The summed E-state index contributed by atoms with van der Waals surface area (Å²) < 4.78 is 7.55. The molecule has 3 aromatic carbocycles. The van der Waals surface area contributed by atoms with Gasteiger partial charge >= 0.3 is 0 Å². The highest BCUT2D eigenvalue weighted by Crippen LogP contribution is 2.40. The lowest BCUT2D eigenvalue weighted by Gasteiger charge is -2.09. The highest BCUT2D eigenvalue weighted by molar-refractivity contribution is 7.23. The molecule has 5 nitrogen and oxygen atoms in total. The average Bonchev–Trinajstić information content (AvgIpc) is 3.67. The topological polar surface area (TPSA) is 40.0 Å². The van der Waals surface area contributed by atoms with Crippen LogP contribution in [0.25, 0.3) is 64.6 Å². The minimum atomic E-state index is 1.03. The number of nitrogens with zero attached hydrogens (tertiary/aromatic N) is 5. The molecular formula is C29H19N5S. The molecule has 0 N–H and O–H groups in total. The van der Waals surface area contributed by atoms with E-state index in [1.807, 2.05) is 40.0 Å². The first-order valence-corrected chi connectivity index (χ1v) is 12.4. The van der Waals surface area contributed by atoms with Crippen molar-refractivity contribution in [3.05, 3.63) is 97.3 Å². The lowest BCUT2D eigenvalue weighted by atomic mass is 10.1. The molecule has 0 unspecified atom stereocenters. The summed E-state index contributed by atoms with van der Waals surface area (Å²) in [6.07, 6.45) is 3.76. The van der Waals surface area contributed by atoms with Gasteiger partial charge in [0.15, 0.2) is 0 Å². The van der Waals surface area contributed by atoms with Gasteiger partial charge in [-0.25, -0.2) is 4.52 Å². The van der Waals surface area contributed by atoms with Crippen LogP contribution in [-0.2, 0) is 7.05 Å². The number of fused-ring (bicyclic) bond motifs is 9. The molecule has 6 heteroatoms. The van der Waals surface area contributed by atoms with Crippen molar-refractivity contribution in [3.63, 3.8) is 0 Å². The number of pyridine rings is 1. The van der Waals surface area contributed by atoms with E-state index in [0.29, 0.717) is 0 Å². The van der Waals surface area contributed by atoms with E-state index in [4.69, 9.17) is 0 Å². The van der Waals surface area contributed by atoms with Crippen molar-refractivity contribution in [2.45, 2.75) is 0 Å². The molecule has 0 aliphatic carbocycles. The zero-order chi connectivity index (χ0) is 23.1. The molecule has 0 saturated heterocycles. The van der Waals surface area contributed by atoms with Gasteiger partial charge in [0.1, 0.15) is 5.52 Å². The smallest absolute Gasteiger partial charge is 0.111 e. The molecule has 5 heterocycles. The van der Waals surface area contributed by atoms with Crippen molar-refractivity contribution in [2.75, 3.05) is 0 Å². The summed E-state index contributed by atoms with van der Waals surface area (Å²) >= 11 is 1.81. The fraction of sp³-hybridized carbons (Fsp3) is 0.0345. The minimum Gasteiger partial charge on any atom is -0.309 e. The van der Waals surface area contributed by atoms with E-state index in [-0.39, 0.29) is 0 Å². The summed E-state index contributed by atoms with van der Waals surface area (Å²) in [7, 11) is 2.00. The molecule has 8 rings (SSSR count). The first kappa shape index (κ1) is 18.9. The van der Waals surface area contributed by atoms with Crippen LogP contribution in [0.4, 0.5) is 0 Å². The molecule has 0 aliphatic rings. The Morgan fingerprint density at radius 2 is 1.46 bits per heavy atom. The largest absolute Gasteiger partial charge is 0.309 e. The van der Waals surface area contributed by atoms with E-state index in [1.165, 1.54) is 42.3 Å². The maximum Gasteiger partial charge on any atom is 0.111 e. The van der Waals surface area contributed by atoms with Crippen molar-refractivity contribution in [1.82, 2.24) is 24.0 Å². The SMILES string of the molecule is Cn1ncc2c1c1cc(-c3cccc(-n4c5ccccc5c5ccccc54)c3)sc1c1ccnn12. The van der Waals surface area contributed by atoms with Gasteiger partial charge in [0.25, 0.3) is 0 Å². The molecule has 5 aromatic heterocycles. The van der Waals surface area contributed by atoms with Gasteiger partial charge in [-0.2, -0.15) is 10.2 Å². The second kappa shape index (κ2) is 6.81. The average molecular weight is 470 g/mol. The number of aryl methyl sites for hydroxylation is 1. The Bertz CT molecular complexity index is 2030. The standard InChI is InChI=1S/C29H19N5S/c1-32-28-22-16-27(35-29(22)25-13-14-30-34(25)26(28)17-31-32)18-7-6-8-19(15-18)33-23-11-4-2-9-20(23)21-10-3-5-12-24(21)33/h2-17H,1H3. The molecular weight excluding hydrogens is 450 g/mol. The molecule has 0 spiro atoms. The van der Waals surface area contributed by atoms with Crippen molar-refractivity contribution >= 4 is 59.8 Å². The predicted octanol–water partition coefficient (Wildman–Crippen LogP) is 7.20. The van der Waals surface area contributed by atoms with Crippen LogP contribution in [0.2, 0.25) is 0 Å². The van der Waals surface area contributed by atoms with E-state index in [9.17, 15) is 0 Å². The minimum absolute atomic E-state index is 1.03. The number of para-hydroxylation sites is 2. The van der Waals surface area contributed by atoms with Gasteiger partial charge in [0.05, 0.1) is 39.2 Å². The van der Waals surface area contributed by atoms with Crippen LogP contribution in [0.15, 0.2) is 97.3 Å². The van der Waals surface area contributed by atoms with E-state index in [2.05, 4.69) is 99.7 Å². The fourth-order valence-corrected chi connectivity index (χ4v) is 6.63. The molecule has 166 valence electrons. The Hall–Kier alpha value is -4.42. The fourth-order valence-electron chi connectivity index (χ4n) is 5.46. The summed E-state index contributed by atoms with van der Waals surface area (Å²) in [6, 6.07) is 30.5. The van der Waals surface area contributed by atoms with E-state index < -0.39 is 0 Å². The predicted molar refractivity (Wildman–Crippen MR) is 145 cm³/mol. The molecule has 8 aromatic rings. The van der Waals surface area contributed by atoms with Crippen molar-refractivity contribution in [2.24, 2.45) is 7.05 Å². The van der Waals surface area contributed by atoms with Gasteiger partial charge in [0.2, 0.25) is 0 Å². The number of rotatable bonds is 2. The van der Waals surface area contributed by atoms with Crippen molar-refractivity contribution < 1.29 is 0 Å². The molecule has 0 radical (unpaired) electrons. The normalized spacial score (nSPS) is 12.1. The van der Waals surface area contributed by atoms with Gasteiger partial charge in [-0.1, -0.05) is 48.5 Å². The van der Waals surface area contributed by atoms with Crippen molar-refractivity contribution in [1.29, 1.82) is 0 Å². The first-order valence-electron chi connectivity index (χ1n) is 11.6. The lowest BCUT2D eigenvalue weighted by Crippen LogP contribution is -1.93. The van der Waals surface area contributed by atoms with Crippen molar-refractivity contribution in [3.8, 4) is 16.1 Å². The summed E-state index contributed by atoms with van der Waals surface area (Å²) in [5.74, 6) is 0. The number of aromatic nitrogens is 5. The van der Waals surface area contributed by atoms with Crippen LogP contribution in [0.3, 0.4) is 0 Å². The maximum atomic E-state index is 4.56. The highest BCUT2D eigenvalue weighted by Gasteiger charge is 2.17. The number of hydrogen-bond acceptors (Lipinski definition) is 3. The van der Waals surface area contributed by atoms with Crippen LogP contribution < -0.4 is 0 Å². The zero-order valence-corrected chi connectivity index (χ0v) is 19.7. The van der Waals surface area contributed by atoms with Gasteiger partial charge < -0.3 is 4.57 Å². The summed E-state index contributed by atoms with van der Waals surface area (Å²) in [4.78, 5) is 1.24. The molecule has 0 fully saturated rings. The third-order valence-electron chi connectivity index (χ3n) is 6.98. The van der Waals surface area contributed by atoms with E-state index in [0.717, 1.165) is 22.2 Å².